The molecule has 0 saturated carbocycles. The van der Waals surface area contributed by atoms with E-state index in [2.05, 4.69) is 0 Å². The summed E-state index contributed by atoms with van der Waals surface area (Å²) in [5.41, 5.74) is 3.84. The number of methoxy groups -OCH3 is 1. The summed E-state index contributed by atoms with van der Waals surface area (Å²) in [7, 11) is 3.51. The van der Waals surface area contributed by atoms with Crippen molar-refractivity contribution in [3.05, 3.63) is 94.5 Å². The van der Waals surface area contributed by atoms with Crippen LogP contribution in [0, 0.1) is 0 Å². The van der Waals surface area contributed by atoms with Gasteiger partial charge in [-0.3, -0.25) is 4.79 Å². The minimum Gasteiger partial charge on any atom is -0.495 e. The van der Waals surface area contributed by atoms with Crippen LogP contribution in [0.1, 0.15) is 22.6 Å². The zero-order valence-corrected chi connectivity index (χ0v) is 16.6. The van der Waals surface area contributed by atoms with Gasteiger partial charge < -0.3 is 4.74 Å². The molecule has 0 radical (unpaired) electrons. The lowest BCUT2D eigenvalue weighted by Gasteiger charge is -2.29. The molecule has 0 bridgehead atoms. The van der Waals surface area contributed by atoms with E-state index in [0.717, 1.165) is 22.4 Å². The van der Waals surface area contributed by atoms with Gasteiger partial charge >= 0.3 is 0 Å². The number of amides is 1. The monoisotopic (exact) mass is 392 g/mol. The maximum atomic E-state index is 13.4. The number of ether oxygens (including phenoxy) is 1. The van der Waals surface area contributed by atoms with Gasteiger partial charge in [0.15, 0.2) is 0 Å². The number of carbonyl (C=O) groups excluding carboxylic acids is 1. The largest absolute Gasteiger partial charge is 0.495 e. The third kappa shape index (κ3) is 3.15. The first-order valence-electron chi connectivity index (χ1n) is 9.12. The van der Waals surface area contributed by atoms with Gasteiger partial charge in [-0.1, -0.05) is 72.3 Å². The SMILES string of the molecule is COc1c(Cl)cccc1CN(C)N1C(=O)[C@@H](c2ccccc2)c2ccccc21. The molecule has 0 fully saturated rings. The Morgan fingerprint density at radius 1 is 1.00 bits per heavy atom. The average molecular weight is 393 g/mol. The van der Waals surface area contributed by atoms with Gasteiger partial charge in [0.25, 0.3) is 5.91 Å². The minimum atomic E-state index is -0.305. The van der Waals surface area contributed by atoms with Gasteiger partial charge in [0.1, 0.15) is 5.75 Å². The van der Waals surface area contributed by atoms with E-state index >= 15 is 0 Å². The van der Waals surface area contributed by atoms with Gasteiger partial charge in [-0.2, -0.15) is 0 Å². The van der Waals surface area contributed by atoms with Crippen molar-refractivity contribution in [3.63, 3.8) is 0 Å². The Kier molecular flexibility index (Phi) is 5.07. The van der Waals surface area contributed by atoms with E-state index in [9.17, 15) is 4.79 Å². The lowest BCUT2D eigenvalue weighted by Crippen LogP contribution is -2.42. The quantitative estimate of drug-likeness (QED) is 0.620. The molecule has 1 amide bonds. The fraction of sp³-hybridized carbons (Fsp3) is 0.174. The Morgan fingerprint density at radius 2 is 1.71 bits per heavy atom. The van der Waals surface area contributed by atoms with Crippen LogP contribution in [0.25, 0.3) is 0 Å². The molecule has 0 N–H and O–H groups in total. The third-order valence-electron chi connectivity index (χ3n) is 5.06. The molecule has 3 aromatic rings. The summed E-state index contributed by atoms with van der Waals surface area (Å²) >= 11 is 6.26. The molecule has 28 heavy (non-hydrogen) atoms. The second-order valence-corrected chi connectivity index (χ2v) is 7.21. The van der Waals surface area contributed by atoms with Crippen LogP contribution in [0.15, 0.2) is 72.8 Å². The number of fused-ring (bicyclic) bond motifs is 1. The van der Waals surface area contributed by atoms with E-state index < -0.39 is 0 Å². The average Bonchev–Trinajstić information content (AvgIpc) is 3.00. The molecule has 0 spiro atoms. The molecule has 5 heteroatoms. The van der Waals surface area contributed by atoms with Crippen LogP contribution in [0.4, 0.5) is 5.69 Å². The zero-order chi connectivity index (χ0) is 19.7. The number of hydrazine groups is 1. The number of hydrogen-bond donors (Lipinski definition) is 0. The smallest absolute Gasteiger partial charge is 0.253 e. The van der Waals surface area contributed by atoms with E-state index in [1.165, 1.54) is 0 Å². The molecule has 4 nitrogen and oxygen atoms in total. The molecule has 0 aromatic heterocycles. The highest BCUT2D eigenvalue weighted by Gasteiger charge is 2.40. The van der Waals surface area contributed by atoms with Gasteiger partial charge in [-0.15, -0.1) is 0 Å². The van der Waals surface area contributed by atoms with Gasteiger partial charge in [0, 0.05) is 19.2 Å². The number of carbonyl (C=O) groups is 1. The Morgan fingerprint density at radius 3 is 2.46 bits per heavy atom. The number of para-hydroxylation sites is 2. The first kappa shape index (κ1) is 18.5. The minimum absolute atomic E-state index is 0.0379. The Labute approximate surface area is 169 Å². The molecular formula is C23H21ClN2O2. The highest BCUT2D eigenvalue weighted by molar-refractivity contribution is 6.32. The van der Waals surface area contributed by atoms with E-state index in [1.54, 1.807) is 18.2 Å². The maximum Gasteiger partial charge on any atom is 0.253 e. The van der Waals surface area contributed by atoms with Crippen molar-refractivity contribution in [2.75, 3.05) is 19.2 Å². The van der Waals surface area contributed by atoms with Crippen LogP contribution in [0.3, 0.4) is 0 Å². The summed E-state index contributed by atoms with van der Waals surface area (Å²) in [5.74, 6) is 0.368. The number of benzene rings is 3. The molecule has 1 aliphatic rings. The van der Waals surface area contributed by atoms with Gasteiger partial charge in [-0.05, 0) is 23.3 Å². The van der Waals surface area contributed by atoms with E-state index in [-0.39, 0.29) is 11.8 Å². The molecule has 1 aliphatic heterocycles. The highest BCUT2D eigenvalue weighted by atomic mass is 35.5. The fourth-order valence-electron chi connectivity index (χ4n) is 3.84. The molecule has 0 saturated heterocycles. The highest BCUT2D eigenvalue weighted by Crippen LogP contribution is 2.42. The van der Waals surface area contributed by atoms with Crippen molar-refractivity contribution >= 4 is 23.2 Å². The van der Waals surface area contributed by atoms with Crippen molar-refractivity contribution in [2.24, 2.45) is 0 Å². The molecule has 1 atom stereocenters. The van der Waals surface area contributed by atoms with Crippen LogP contribution in [-0.2, 0) is 11.3 Å². The summed E-state index contributed by atoms with van der Waals surface area (Å²) in [4.78, 5) is 13.4. The molecular weight excluding hydrogens is 372 g/mol. The topological polar surface area (TPSA) is 32.8 Å². The Bertz CT molecular complexity index is 1010. The summed E-state index contributed by atoms with van der Waals surface area (Å²) < 4.78 is 5.46. The Balaban J connectivity index is 1.70. The second kappa shape index (κ2) is 7.66. The zero-order valence-electron chi connectivity index (χ0n) is 15.8. The van der Waals surface area contributed by atoms with Crippen molar-refractivity contribution in [3.8, 4) is 5.75 Å². The van der Waals surface area contributed by atoms with Crippen molar-refractivity contribution < 1.29 is 9.53 Å². The molecule has 0 unspecified atom stereocenters. The third-order valence-corrected chi connectivity index (χ3v) is 5.36. The molecule has 0 aliphatic carbocycles. The Hall–Kier alpha value is -2.82. The van der Waals surface area contributed by atoms with Crippen molar-refractivity contribution in [1.82, 2.24) is 5.01 Å². The summed E-state index contributed by atoms with van der Waals surface area (Å²) in [6.45, 7) is 0.491. The predicted molar refractivity (Wildman–Crippen MR) is 112 cm³/mol. The van der Waals surface area contributed by atoms with Crippen LogP contribution < -0.4 is 9.75 Å². The standard InChI is InChI=1S/C23H21ClN2O2/c1-25(15-17-11-8-13-19(24)22(17)28-2)26-20-14-7-6-12-18(20)21(23(26)27)16-9-4-3-5-10-16/h3-14,21H,15H2,1-2H3/t21-/m0/s1. The van der Waals surface area contributed by atoms with Crippen molar-refractivity contribution in [1.29, 1.82) is 0 Å². The van der Waals surface area contributed by atoms with Gasteiger partial charge in [-0.25, -0.2) is 10.0 Å². The number of nitrogens with zero attached hydrogens (tertiary/aromatic N) is 2. The van der Waals surface area contributed by atoms with Crippen LogP contribution >= 0.6 is 11.6 Å². The van der Waals surface area contributed by atoms with Crippen LogP contribution in [0.2, 0.25) is 5.02 Å². The first-order chi connectivity index (χ1) is 13.6. The summed E-state index contributed by atoms with van der Waals surface area (Å²) in [5, 5.41) is 4.23. The predicted octanol–water partition coefficient (Wildman–Crippen LogP) is 4.87. The van der Waals surface area contributed by atoms with Crippen LogP contribution in [-0.4, -0.2) is 25.1 Å². The number of anilines is 1. The summed E-state index contributed by atoms with van der Waals surface area (Å²) in [6.07, 6.45) is 0. The van der Waals surface area contributed by atoms with Gasteiger partial charge in [0.2, 0.25) is 0 Å². The van der Waals surface area contributed by atoms with Gasteiger partial charge in [0.05, 0.1) is 23.7 Å². The maximum absolute atomic E-state index is 13.4. The van der Waals surface area contributed by atoms with Crippen molar-refractivity contribution in [2.45, 2.75) is 12.5 Å². The molecule has 4 rings (SSSR count). The molecule has 3 aromatic carbocycles. The van der Waals surface area contributed by atoms with E-state index in [0.29, 0.717) is 17.3 Å². The van der Waals surface area contributed by atoms with E-state index in [4.69, 9.17) is 16.3 Å². The summed E-state index contributed by atoms with van der Waals surface area (Å²) in [6, 6.07) is 23.5. The first-order valence-corrected chi connectivity index (χ1v) is 9.50. The molecule has 142 valence electrons. The normalized spacial score (nSPS) is 15.8. The fourth-order valence-corrected chi connectivity index (χ4v) is 4.11. The van der Waals surface area contributed by atoms with E-state index in [1.807, 2.05) is 78.8 Å². The lowest BCUT2D eigenvalue weighted by atomic mass is 9.93. The lowest BCUT2D eigenvalue weighted by molar-refractivity contribution is -0.121. The second-order valence-electron chi connectivity index (χ2n) is 6.80. The number of hydrogen-bond acceptors (Lipinski definition) is 3. The molecule has 1 heterocycles. The van der Waals surface area contributed by atoms with Crippen LogP contribution in [0.5, 0.6) is 5.75 Å². The number of halogens is 1. The number of rotatable bonds is 5.